The molecule has 112 valence electrons. The molecule has 2 aromatic carbocycles. The molecule has 0 spiro atoms. The predicted molar refractivity (Wildman–Crippen MR) is 90.4 cm³/mol. The van der Waals surface area contributed by atoms with Crippen molar-refractivity contribution in [3.8, 4) is 0 Å². The van der Waals surface area contributed by atoms with E-state index in [0.29, 0.717) is 11.4 Å². The van der Waals surface area contributed by atoms with Gasteiger partial charge in [0.15, 0.2) is 0 Å². The highest BCUT2D eigenvalue weighted by Crippen LogP contribution is 2.22. The largest absolute Gasteiger partial charge is 0.314 e. The van der Waals surface area contributed by atoms with Crippen LogP contribution < -0.4 is 5.32 Å². The van der Waals surface area contributed by atoms with E-state index in [0.717, 1.165) is 23.0 Å². The fourth-order valence-electron chi connectivity index (χ4n) is 2.40. The van der Waals surface area contributed by atoms with E-state index < -0.39 is 0 Å². The van der Waals surface area contributed by atoms with Gasteiger partial charge in [-0.15, -0.1) is 0 Å². The molecule has 2 rings (SSSR count). The van der Waals surface area contributed by atoms with E-state index in [1.165, 1.54) is 17.7 Å². The molecule has 0 aliphatic rings. The number of benzene rings is 2. The van der Waals surface area contributed by atoms with Crippen molar-refractivity contribution in [3.05, 3.63) is 68.9 Å². The van der Waals surface area contributed by atoms with Gasteiger partial charge >= 0.3 is 0 Å². The van der Waals surface area contributed by atoms with Crippen LogP contribution in [0.5, 0.6) is 0 Å². The van der Waals surface area contributed by atoms with Gasteiger partial charge in [0.25, 0.3) is 0 Å². The molecule has 0 fully saturated rings. The average molecular weight is 371 g/mol. The van der Waals surface area contributed by atoms with Crippen molar-refractivity contribution in [2.45, 2.75) is 25.8 Å². The van der Waals surface area contributed by atoms with Crippen molar-refractivity contribution in [3.63, 3.8) is 0 Å². The van der Waals surface area contributed by atoms with Crippen LogP contribution in [0.2, 0.25) is 5.02 Å². The van der Waals surface area contributed by atoms with Crippen LogP contribution in [-0.2, 0) is 12.8 Å². The van der Waals surface area contributed by atoms with Gasteiger partial charge in [-0.2, -0.15) is 0 Å². The number of halogens is 3. The quantitative estimate of drug-likeness (QED) is 0.754. The van der Waals surface area contributed by atoms with Gasteiger partial charge in [0.05, 0.1) is 0 Å². The Morgan fingerprint density at radius 3 is 2.57 bits per heavy atom. The second-order valence-corrected chi connectivity index (χ2v) is 6.25. The minimum Gasteiger partial charge on any atom is -0.314 e. The van der Waals surface area contributed by atoms with E-state index in [1.807, 2.05) is 18.2 Å². The minimum absolute atomic E-state index is 0.216. The van der Waals surface area contributed by atoms with E-state index in [2.05, 4.69) is 34.2 Å². The normalized spacial score (nSPS) is 12.4. The minimum atomic E-state index is -0.245. The molecule has 0 aromatic heterocycles. The fraction of sp³-hybridized carbons (Fsp3) is 0.294. The van der Waals surface area contributed by atoms with E-state index in [1.54, 1.807) is 6.07 Å². The van der Waals surface area contributed by atoms with Gasteiger partial charge < -0.3 is 5.32 Å². The van der Waals surface area contributed by atoms with Crippen molar-refractivity contribution < 1.29 is 4.39 Å². The molecule has 2 aromatic rings. The van der Waals surface area contributed by atoms with Gasteiger partial charge in [-0.25, -0.2) is 4.39 Å². The molecule has 0 amide bonds. The summed E-state index contributed by atoms with van der Waals surface area (Å²) in [6.07, 6.45) is 1.56. The van der Waals surface area contributed by atoms with Crippen molar-refractivity contribution in [2.75, 3.05) is 6.54 Å². The first-order valence-corrected chi connectivity index (χ1v) is 8.18. The standard InChI is InChI=1S/C17H18BrClFN/c1-2-21-15(10-12-5-3-4-6-16(12)18)11-13-9-14(20)7-8-17(13)19/h3-9,15,21H,2,10-11H2,1H3. The topological polar surface area (TPSA) is 12.0 Å². The first-order chi connectivity index (χ1) is 10.1. The molecule has 0 radical (unpaired) electrons. The first kappa shape index (κ1) is 16.5. The lowest BCUT2D eigenvalue weighted by molar-refractivity contribution is 0.519. The number of hydrogen-bond donors (Lipinski definition) is 1. The summed E-state index contributed by atoms with van der Waals surface area (Å²) in [5, 5.41) is 4.07. The highest BCUT2D eigenvalue weighted by atomic mass is 79.9. The Morgan fingerprint density at radius 2 is 1.86 bits per heavy atom. The van der Waals surface area contributed by atoms with E-state index in [9.17, 15) is 4.39 Å². The van der Waals surface area contributed by atoms with Crippen molar-refractivity contribution in [1.82, 2.24) is 5.32 Å². The summed E-state index contributed by atoms with van der Waals surface area (Å²) in [6.45, 7) is 2.93. The molecule has 0 bridgehead atoms. The fourth-order valence-corrected chi connectivity index (χ4v) is 3.04. The third kappa shape index (κ3) is 4.80. The number of hydrogen-bond acceptors (Lipinski definition) is 1. The molecule has 1 atom stereocenters. The summed E-state index contributed by atoms with van der Waals surface area (Å²) < 4.78 is 14.5. The molecular weight excluding hydrogens is 353 g/mol. The van der Waals surface area contributed by atoms with Crippen molar-refractivity contribution in [1.29, 1.82) is 0 Å². The molecule has 4 heteroatoms. The van der Waals surface area contributed by atoms with E-state index in [4.69, 9.17) is 11.6 Å². The van der Waals surface area contributed by atoms with Crippen LogP contribution in [-0.4, -0.2) is 12.6 Å². The van der Waals surface area contributed by atoms with E-state index in [-0.39, 0.29) is 11.9 Å². The Balaban J connectivity index is 2.16. The predicted octanol–water partition coefficient (Wildman–Crippen LogP) is 5.00. The van der Waals surface area contributed by atoms with E-state index >= 15 is 0 Å². The van der Waals surface area contributed by atoms with Gasteiger partial charge in [-0.1, -0.05) is 52.7 Å². The zero-order chi connectivity index (χ0) is 15.2. The zero-order valence-corrected chi connectivity index (χ0v) is 14.2. The van der Waals surface area contributed by atoms with Crippen LogP contribution in [0.1, 0.15) is 18.1 Å². The molecule has 0 aliphatic carbocycles. The summed E-state index contributed by atoms with van der Waals surface area (Å²) in [6, 6.07) is 12.9. The highest BCUT2D eigenvalue weighted by molar-refractivity contribution is 9.10. The van der Waals surface area contributed by atoms with Gasteiger partial charge in [0, 0.05) is 15.5 Å². The molecule has 1 nitrogen and oxygen atoms in total. The van der Waals surface area contributed by atoms with Gasteiger partial charge in [0.2, 0.25) is 0 Å². The zero-order valence-electron chi connectivity index (χ0n) is 11.9. The second kappa shape index (κ2) is 7.92. The van der Waals surface area contributed by atoms with Crippen LogP contribution in [0.15, 0.2) is 46.9 Å². The maximum atomic E-state index is 13.4. The van der Waals surface area contributed by atoms with Gasteiger partial charge in [-0.3, -0.25) is 0 Å². The molecular formula is C17H18BrClFN. The number of rotatable bonds is 6. The Kier molecular flexibility index (Phi) is 6.22. The van der Waals surface area contributed by atoms with Crippen LogP contribution in [0.25, 0.3) is 0 Å². The Labute approximate surface area is 138 Å². The van der Waals surface area contributed by atoms with Crippen molar-refractivity contribution in [2.24, 2.45) is 0 Å². The summed E-state index contributed by atoms with van der Waals surface area (Å²) in [7, 11) is 0. The molecule has 1 N–H and O–H groups in total. The third-order valence-corrected chi connectivity index (χ3v) is 4.53. The smallest absolute Gasteiger partial charge is 0.123 e. The summed E-state index contributed by atoms with van der Waals surface area (Å²) in [5.74, 6) is -0.245. The molecule has 0 aliphatic heterocycles. The third-order valence-electron chi connectivity index (χ3n) is 3.39. The molecule has 0 heterocycles. The Hall–Kier alpha value is -0.900. The summed E-state index contributed by atoms with van der Waals surface area (Å²) >= 11 is 9.74. The number of nitrogens with one attached hydrogen (secondary N) is 1. The van der Waals surface area contributed by atoms with Crippen LogP contribution >= 0.6 is 27.5 Å². The molecule has 0 saturated heterocycles. The lowest BCUT2D eigenvalue weighted by Gasteiger charge is -2.19. The lowest BCUT2D eigenvalue weighted by atomic mass is 9.99. The highest BCUT2D eigenvalue weighted by Gasteiger charge is 2.13. The van der Waals surface area contributed by atoms with Gasteiger partial charge in [-0.05, 0) is 54.8 Å². The maximum absolute atomic E-state index is 13.4. The monoisotopic (exact) mass is 369 g/mol. The van der Waals surface area contributed by atoms with Crippen molar-refractivity contribution >= 4 is 27.5 Å². The Morgan fingerprint density at radius 1 is 1.14 bits per heavy atom. The Bertz CT molecular complexity index is 603. The van der Waals surface area contributed by atoms with Crippen LogP contribution in [0, 0.1) is 5.82 Å². The first-order valence-electron chi connectivity index (χ1n) is 7.01. The number of likely N-dealkylation sites (N-methyl/N-ethyl adjacent to an activating group) is 1. The molecule has 21 heavy (non-hydrogen) atoms. The molecule has 0 saturated carbocycles. The van der Waals surface area contributed by atoms with Gasteiger partial charge in [0.1, 0.15) is 5.82 Å². The second-order valence-electron chi connectivity index (χ2n) is 4.99. The maximum Gasteiger partial charge on any atom is 0.123 e. The summed E-state index contributed by atoms with van der Waals surface area (Å²) in [4.78, 5) is 0. The van der Waals surface area contributed by atoms with Crippen LogP contribution in [0.4, 0.5) is 4.39 Å². The SMILES string of the molecule is CCNC(Cc1cc(F)ccc1Cl)Cc1ccccc1Br. The lowest BCUT2D eigenvalue weighted by Crippen LogP contribution is -2.33. The summed E-state index contributed by atoms with van der Waals surface area (Å²) in [5.41, 5.74) is 2.07. The average Bonchev–Trinajstić information content (AvgIpc) is 2.45. The van der Waals surface area contributed by atoms with Crippen LogP contribution in [0.3, 0.4) is 0 Å². The molecule has 1 unspecified atom stereocenters.